The van der Waals surface area contributed by atoms with Crippen LogP contribution in [0.4, 0.5) is 0 Å². The van der Waals surface area contributed by atoms with Crippen LogP contribution in [0.25, 0.3) is 10.8 Å². The van der Waals surface area contributed by atoms with E-state index in [1.165, 1.54) is 0 Å². The van der Waals surface area contributed by atoms with Crippen molar-refractivity contribution < 1.29 is 19.5 Å². The summed E-state index contributed by atoms with van der Waals surface area (Å²) in [7, 11) is 0. The Bertz CT molecular complexity index is 645. The first kappa shape index (κ1) is 13.3. The summed E-state index contributed by atoms with van der Waals surface area (Å²) in [4.78, 5) is 30.3. The van der Waals surface area contributed by atoms with E-state index in [2.05, 4.69) is 9.82 Å². The Morgan fingerprint density at radius 2 is 2.11 bits per heavy atom. The van der Waals surface area contributed by atoms with Crippen LogP contribution in [0.2, 0.25) is 5.15 Å². The number of carboxylic acids is 1. The smallest absolute Gasteiger partial charge is 0.332 e. The molecule has 7 heteroatoms. The Morgan fingerprint density at radius 1 is 1.37 bits per heavy atom. The molecular formula is C12H9ClN2O4. The molecule has 6 nitrogen and oxygen atoms in total. The lowest BCUT2D eigenvalue weighted by Crippen LogP contribution is -2.27. The first-order chi connectivity index (χ1) is 9.08. The van der Waals surface area contributed by atoms with Gasteiger partial charge in [0.25, 0.3) is 5.91 Å². The number of hydrogen-bond donors (Lipinski definition) is 2. The maximum Gasteiger partial charge on any atom is 0.332 e. The monoisotopic (exact) mass is 280 g/mol. The second kappa shape index (κ2) is 5.64. The number of halogens is 1. The second-order valence-corrected chi connectivity index (χ2v) is 3.99. The Labute approximate surface area is 112 Å². The van der Waals surface area contributed by atoms with Gasteiger partial charge in [-0.2, -0.15) is 0 Å². The van der Waals surface area contributed by atoms with E-state index in [9.17, 15) is 9.59 Å². The highest BCUT2D eigenvalue weighted by atomic mass is 35.5. The Kier molecular flexibility index (Phi) is 3.94. The molecule has 98 valence electrons. The summed E-state index contributed by atoms with van der Waals surface area (Å²) in [6.07, 6.45) is 0. The number of amides is 1. The summed E-state index contributed by atoms with van der Waals surface area (Å²) in [6.45, 7) is -0.632. The molecule has 2 rings (SSSR count). The third-order valence-electron chi connectivity index (χ3n) is 2.29. The zero-order valence-corrected chi connectivity index (χ0v) is 10.3. The maximum absolute atomic E-state index is 11.7. The van der Waals surface area contributed by atoms with Crippen molar-refractivity contribution in [2.45, 2.75) is 0 Å². The predicted molar refractivity (Wildman–Crippen MR) is 67.8 cm³/mol. The van der Waals surface area contributed by atoms with Gasteiger partial charge in [-0.15, -0.1) is 0 Å². The number of nitrogens with zero attached hydrogens (tertiary/aromatic N) is 1. The summed E-state index contributed by atoms with van der Waals surface area (Å²) >= 11 is 5.96. The molecule has 1 heterocycles. The van der Waals surface area contributed by atoms with Gasteiger partial charge in [0, 0.05) is 5.39 Å². The van der Waals surface area contributed by atoms with Crippen LogP contribution in [0.1, 0.15) is 10.5 Å². The van der Waals surface area contributed by atoms with Crippen LogP contribution in [0.15, 0.2) is 30.3 Å². The summed E-state index contributed by atoms with van der Waals surface area (Å²) in [5.41, 5.74) is 2.03. The van der Waals surface area contributed by atoms with Gasteiger partial charge in [-0.1, -0.05) is 35.9 Å². The summed E-state index contributed by atoms with van der Waals surface area (Å²) in [6, 6.07) is 8.73. The lowest BCUT2D eigenvalue weighted by Gasteiger charge is -2.05. The molecule has 2 N–H and O–H groups in total. The zero-order valence-electron chi connectivity index (χ0n) is 9.59. The van der Waals surface area contributed by atoms with Gasteiger partial charge in [-0.3, -0.25) is 9.63 Å². The van der Waals surface area contributed by atoms with Crippen LogP contribution in [0, 0.1) is 0 Å². The molecule has 0 spiro atoms. The van der Waals surface area contributed by atoms with Gasteiger partial charge in [0.15, 0.2) is 6.61 Å². The molecule has 1 aromatic carbocycles. The normalized spacial score (nSPS) is 10.4. The fraction of sp³-hybridized carbons (Fsp3) is 0.0833. The number of carbonyl (C=O) groups is 2. The average molecular weight is 281 g/mol. The number of benzene rings is 1. The Morgan fingerprint density at radius 3 is 2.84 bits per heavy atom. The SMILES string of the molecule is O=C(O)CONC(=O)c1cc2ccccc2c(Cl)n1. The molecule has 0 aliphatic carbocycles. The number of aromatic nitrogens is 1. The van der Waals surface area contributed by atoms with Crippen molar-refractivity contribution in [1.82, 2.24) is 10.5 Å². The van der Waals surface area contributed by atoms with Crippen LogP contribution >= 0.6 is 11.6 Å². The van der Waals surface area contributed by atoms with E-state index in [1.54, 1.807) is 24.3 Å². The molecule has 19 heavy (non-hydrogen) atoms. The topological polar surface area (TPSA) is 88.5 Å². The molecule has 0 bridgehead atoms. The first-order valence-electron chi connectivity index (χ1n) is 5.27. The molecule has 0 radical (unpaired) electrons. The molecule has 0 atom stereocenters. The van der Waals surface area contributed by atoms with E-state index in [0.29, 0.717) is 0 Å². The summed E-state index contributed by atoms with van der Waals surface area (Å²) in [5, 5.41) is 10.0. The van der Waals surface area contributed by atoms with Gasteiger partial charge in [-0.05, 0) is 11.5 Å². The first-order valence-corrected chi connectivity index (χ1v) is 5.65. The van der Waals surface area contributed by atoms with Gasteiger partial charge in [0.2, 0.25) is 0 Å². The number of rotatable bonds is 4. The van der Waals surface area contributed by atoms with Crippen LogP contribution in [0.3, 0.4) is 0 Å². The number of carboxylic acid groups (broad SMARTS) is 1. The van der Waals surface area contributed by atoms with Crippen molar-refractivity contribution in [2.24, 2.45) is 0 Å². The number of aliphatic carboxylic acids is 1. The molecule has 0 unspecified atom stereocenters. The van der Waals surface area contributed by atoms with Gasteiger partial charge in [0.05, 0.1) is 0 Å². The van der Waals surface area contributed by atoms with Crippen LogP contribution in [-0.4, -0.2) is 28.6 Å². The van der Waals surface area contributed by atoms with Crippen molar-refractivity contribution in [3.63, 3.8) is 0 Å². The fourth-order valence-corrected chi connectivity index (χ4v) is 1.75. The highest BCUT2D eigenvalue weighted by Gasteiger charge is 2.11. The average Bonchev–Trinajstić information content (AvgIpc) is 2.38. The molecule has 0 saturated carbocycles. The van der Waals surface area contributed by atoms with E-state index in [4.69, 9.17) is 16.7 Å². The lowest BCUT2D eigenvalue weighted by molar-refractivity contribution is -0.144. The number of hydroxylamine groups is 1. The number of fused-ring (bicyclic) bond motifs is 1. The van der Waals surface area contributed by atoms with E-state index < -0.39 is 18.5 Å². The van der Waals surface area contributed by atoms with Crippen molar-refractivity contribution in [2.75, 3.05) is 6.61 Å². The number of carbonyl (C=O) groups excluding carboxylic acids is 1. The van der Waals surface area contributed by atoms with Crippen molar-refractivity contribution in [3.8, 4) is 0 Å². The second-order valence-electron chi connectivity index (χ2n) is 3.63. The third-order valence-corrected chi connectivity index (χ3v) is 2.58. The number of pyridine rings is 1. The highest BCUT2D eigenvalue weighted by Crippen LogP contribution is 2.22. The Balaban J connectivity index is 2.20. The molecule has 0 aliphatic heterocycles. The molecule has 2 aromatic rings. The lowest BCUT2D eigenvalue weighted by atomic mass is 10.1. The molecule has 0 fully saturated rings. The molecule has 1 aromatic heterocycles. The van der Waals surface area contributed by atoms with E-state index >= 15 is 0 Å². The Hall–Kier alpha value is -2.18. The largest absolute Gasteiger partial charge is 0.479 e. The van der Waals surface area contributed by atoms with Gasteiger partial charge >= 0.3 is 5.97 Å². The van der Waals surface area contributed by atoms with Crippen molar-refractivity contribution in [3.05, 3.63) is 41.2 Å². The number of hydrogen-bond acceptors (Lipinski definition) is 4. The molecule has 0 aliphatic rings. The van der Waals surface area contributed by atoms with E-state index in [0.717, 1.165) is 10.8 Å². The molecule has 0 saturated heterocycles. The quantitative estimate of drug-likeness (QED) is 0.656. The minimum atomic E-state index is -1.19. The fourth-order valence-electron chi connectivity index (χ4n) is 1.49. The summed E-state index contributed by atoms with van der Waals surface area (Å²) < 4.78 is 0. The van der Waals surface area contributed by atoms with Crippen molar-refractivity contribution in [1.29, 1.82) is 0 Å². The van der Waals surface area contributed by atoms with Gasteiger partial charge < -0.3 is 5.11 Å². The standard InChI is InChI=1S/C12H9ClN2O4/c13-11-8-4-2-1-3-7(8)5-9(14-11)12(18)15-19-6-10(16)17/h1-5H,6H2,(H,15,18)(H,16,17). The third kappa shape index (κ3) is 3.18. The van der Waals surface area contributed by atoms with Gasteiger partial charge in [0.1, 0.15) is 10.8 Å². The molecular weight excluding hydrogens is 272 g/mol. The predicted octanol–water partition coefficient (Wildman–Crippen LogP) is 1.63. The van der Waals surface area contributed by atoms with Gasteiger partial charge in [-0.25, -0.2) is 15.3 Å². The minimum Gasteiger partial charge on any atom is -0.479 e. The zero-order chi connectivity index (χ0) is 13.8. The number of nitrogens with one attached hydrogen (secondary N) is 1. The summed E-state index contributed by atoms with van der Waals surface area (Å²) in [5.74, 6) is -1.85. The van der Waals surface area contributed by atoms with E-state index in [1.807, 2.05) is 11.5 Å². The highest BCUT2D eigenvalue weighted by molar-refractivity contribution is 6.34. The van der Waals surface area contributed by atoms with Crippen molar-refractivity contribution >= 4 is 34.2 Å². The van der Waals surface area contributed by atoms with Crippen LogP contribution < -0.4 is 5.48 Å². The van der Waals surface area contributed by atoms with Crippen LogP contribution in [0.5, 0.6) is 0 Å². The van der Waals surface area contributed by atoms with Crippen LogP contribution in [-0.2, 0) is 9.63 Å². The molecule has 1 amide bonds. The minimum absolute atomic E-state index is 0.0501. The maximum atomic E-state index is 11.7. The van der Waals surface area contributed by atoms with E-state index in [-0.39, 0.29) is 10.8 Å².